The van der Waals surface area contributed by atoms with Gasteiger partial charge in [-0.2, -0.15) is 5.10 Å². The van der Waals surface area contributed by atoms with Crippen molar-refractivity contribution < 1.29 is 19.1 Å². The van der Waals surface area contributed by atoms with Crippen molar-refractivity contribution in [1.29, 1.82) is 0 Å². The van der Waals surface area contributed by atoms with E-state index in [9.17, 15) is 9.59 Å². The van der Waals surface area contributed by atoms with Crippen LogP contribution in [0, 0.1) is 0 Å². The summed E-state index contributed by atoms with van der Waals surface area (Å²) in [7, 11) is 0. The Hall–Kier alpha value is -3.00. The van der Waals surface area contributed by atoms with Gasteiger partial charge in [0.1, 0.15) is 0 Å². The van der Waals surface area contributed by atoms with Crippen molar-refractivity contribution in [2.24, 2.45) is 0 Å². The second kappa shape index (κ2) is 9.00. The van der Waals surface area contributed by atoms with Gasteiger partial charge in [0, 0.05) is 5.02 Å². The van der Waals surface area contributed by atoms with Gasteiger partial charge in [0.15, 0.2) is 11.3 Å². The predicted octanol–water partition coefficient (Wildman–Crippen LogP) is 3.29. The summed E-state index contributed by atoms with van der Waals surface area (Å²) in [5.74, 6) is -1.16. The minimum Gasteiger partial charge on any atom is -0.466 e. The SMILES string of the molecule is CCOC(=O)Cc1c(C(=O)OCC)nnc2c(-c3ccc(Cl)cc3)c(CC)nn12. The molecule has 29 heavy (non-hydrogen) atoms. The molecule has 1 aromatic carbocycles. The van der Waals surface area contributed by atoms with Crippen molar-refractivity contribution in [2.75, 3.05) is 13.2 Å². The van der Waals surface area contributed by atoms with Crippen LogP contribution in [0.5, 0.6) is 0 Å². The summed E-state index contributed by atoms with van der Waals surface area (Å²) in [6, 6.07) is 7.29. The highest BCUT2D eigenvalue weighted by atomic mass is 35.5. The van der Waals surface area contributed by atoms with E-state index < -0.39 is 11.9 Å². The van der Waals surface area contributed by atoms with E-state index in [2.05, 4.69) is 15.3 Å². The maximum absolute atomic E-state index is 12.4. The number of hydrogen-bond acceptors (Lipinski definition) is 7. The molecule has 0 bridgehead atoms. The minimum atomic E-state index is -0.664. The van der Waals surface area contributed by atoms with Gasteiger partial charge in [-0.3, -0.25) is 4.79 Å². The van der Waals surface area contributed by atoms with E-state index >= 15 is 0 Å². The van der Waals surface area contributed by atoms with Crippen molar-refractivity contribution in [3.8, 4) is 11.1 Å². The molecule has 0 aliphatic rings. The van der Waals surface area contributed by atoms with Crippen LogP contribution in [0.2, 0.25) is 5.02 Å². The lowest BCUT2D eigenvalue weighted by Gasteiger charge is -2.09. The Morgan fingerprint density at radius 1 is 1.03 bits per heavy atom. The zero-order chi connectivity index (χ0) is 21.0. The van der Waals surface area contributed by atoms with Crippen LogP contribution in [-0.4, -0.2) is 45.0 Å². The standard InChI is InChI=1S/C20H21ClN4O4/c1-4-14-17(12-7-9-13(21)10-8-12)19-23-22-18(20(27)29-6-3)15(25(19)24-14)11-16(26)28-5-2/h7-10H,4-6,11H2,1-3H3. The van der Waals surface area contributed by atoms with E-state index in [1.807, 2.05) is 19.1 Å². The van der Waals surface area contributed by atoms with E-state index in [1.54, 1.807) is 26.0 Å². The highest BCUT2D eigenvalue weighted by molar-refractivity contribution is 6.30. The lowest BCUT2D eigenvalue weighted by molar-refractivity contribution is -0.142. The molecule has 152 valence electrons. The number of halogens is 1. The highest BCUT2D eigenvalue weighted by Crippen LogP contribution is 2.30. The van der Waals surface area contributed by atoms with Gasteiger partial charge in [0.05, 0.1) is 36.6 Å². The quantitative estimate of drug-likeness (QED) is 0.545. The molecule has 0 spiro atoms. The number of aromatic nitrogens is 4. The Labute approximate surface area is 172 Å². The average molecular weight is 417 g/mol. The molecule has 3 aromatic rings. The van der Waals surface area contributed by atoms with Crippen LogP contribution in [0.4, 0.5) is 0 Å². The number of esters is 2. The van der Waals surface area contributed by atoms with Crippen LogP contribution in [0.3, 0.4) is 0 Å². The largest absolute Gasteiger partial charge is 0.466 e. The van der Waals surface area contributed by atoms with Gasteiger partial charge in [0.2, 0.25) is 0 Å². The van der Waals surface area contributed by atoms with E-state index in [0.29, 0.717) is 17.1 Å². The molecule has 0 saturated carbocycles. The molecule has 0 unspecified atom stereocenters. The number of fused-ring (bicyclic) bond motifs is 1. The van der Waals surface area contributed by atoms with Gasteiger partial charge in [-0.1, -0.05) is 30.7 Å². The van der Waals surface area contributed by atoms with E-state index in [1.165, 1.54) is 4.52 Å². The summed E-state index contributed by atoms with van der Waals surface area (Å²) >= 11 is 6.01. The fraction of sp³-hybridized carbons (Fsp3) is 0.350. The molecular formula is C20H21ClN4O4. The molecule has 0 radical (unpaired) electrons. The Balaban J connectivity index is 2.24. The van der Waals surface area contributed by atoms with Crippen LogP contribution in [0.1, 0.15) is 42.6 Å². The molecule has 0 amide bonds. The zero-order valence-electron chi connectivity index (χ0n) is 16.4. The maximum atomic E-state index is 12.4. The molecule has 8 nitrogen and oxygen atoms in total. The van der Waals surface area contributed by atoms with Crippen LogP contribution >= 0.6 is 11.6 Å². The highest BCUT2D eigenvalue weighted by Gasteiger charge is 2.25. The number of hydrogen-bond donors (Lipinski definition) is 0. The van der Waals surface area contributed by atoms with Crippen LogP contribution in [0.15, 0.2) is 24.3 Å². The van der Waals surface area contributed by atoms with Gasteiger partial charge in [-0.15, -0.1) is 10.2 Å². The monoisotopic (exact) mass is 416 g/mol. The lowest BCUT2D eigenvalue weighted by atomic mass is 10.0. The van der Waals surface area contributed by atoms with Gasteiger partial charge >= 0.3 is 11.9 Å². The summed E-state index contributed by atoms with van der Waals surface area (Å²) in [5.41, 5.74) is 3.06. The average Bonchev–Trinajstić information content (AvgIpc) is 3.08. The molecule has 0 atom stereocenters. The summed E-state index contributed by atoms with van der Waals surface area (Å²) < 4.78 is 11.6. The zero-order valence-corrected chi connectivity index (χ0v) is 17.2. The summed E-state index contributed by atoms with van der Waals surface area (Å²) in [6.45, 7) is 5.77. The summed E-state index contributed by atoms with van der Waals surface area (Å²) in [5, 5.41) is 13.5. The first-order valence-corrected chi connectivity index (χ1v) is 9.73. The van der Waals surface area contributed by atoms with Crippen molar-refractivity contribution in [2.45, 2.75) is 33.6 Å². The van der Waals surface area contributed by atoms with Gasteiger partial charge in [-0.25, -0.2) is 9.31 Å². The fourth-order valence-corrected chi connectivity index (χ4v) is 3.14. The molecule has 9 heteroatoms. The first-order chi connectivity index (χ1) is 14.0. The van der Waals surface area contributed by atoms with Crippen LogP contribution in [-0.2, 0) is 27.1 Å². The molecule has 0 aliphatic heterocycles. The molecule has 0 N–H and O–H groups in total. The number of carbonyl (C=O) groups excluding carboxylic acids is 2. The smallest absolute Gasteiger partial charge is 0.360 e. The van der Waals surface area contributed by atoms with E-state index in [0.717, 1.165) is 16.8 Å². The Bertz CT molecular complexity index is 1050. The van der Waals surface area contributed by atoms with Gasteiger partial charge in [0.25, 0.3) is 0 Å². The third-order valence-corrected chi connectivity index (χ3v) is 4.51. The Kier molecular flexibility index (Phi) is 6.43. The number of benzene rings is 1. The summed E-state index contributed by atoms with van der Waals surface area (Å²) in [6.07, 6.45) is 0.438. The Morgan fingerprint density at radius 2 is 1.72 bits per heavy atom. The molecule has 3 rings (SSSR count). The van der Waals surface area contributed by atoms with Crippen molar-refractivity contribution in [3.05, 3.63) is 46.4 Å². The number of aryl methyl sites for hydroxylation is 1. The third-order valence-electron chi connectivity index (χ3n) is 4.26. The van der Waals surface area contributed by atoms with Crippen LogP contribution < -0.4 is 0 Å². The first kappa shape index (κ1) is 20.7. The molecular weight excluding hydrogens is 396 g/mol. The number of nitrogens with zero attached hydrogens (tertiary/aromatic N) is 4. The topological polar surface area (TPSA) is 95.7 Å². The van der Waals surface area contributed by atoms with Gasteiger partial charge in [-0.05, 0) is 38.0 Å². The third kappa shape index (κ3) is 4.22. The molecule has 2 heterocycles. The fourth-order valence-electron chi connectivity index (χ4n) is 3.01. The number of ether oxygens (including phenoxy) is 2. The lowest BCUT2D eigenvalue weighted by Crippen LogP contribution is -2.20. The minimum absolute atomic E-state index is 0.0554. The second-order valence-corrected chi connectivity index (χ2v) is 6.55. The molecule has 2 aromatic heterocycles. The summed E-state index contributed by atoms with van der Waals surface area (Å²) in [4.78, 5) is 24.6. The normalized spacial score (nSPS) is 10.9. The van der Waals surface area contributed by atoms with Crippen molar-refractivity contribution in [3.63, 3.8) is 0 Å². The van der Waals surface area contributed by atoms with E-state index in [-0.39, 0.29) is 31.0 Å². The van der Waals surface area contributed by atoms with E-state index in [4.69, 9.17) is 21.1 Å². The molecule has 0 aliphatic carbocycles. The number of rotatable bonds is 7. The molecule has 0 fully saturated rings. The predicted molar refractivity (Wildman–Crippen MR) is 107 cm³/mol. The van der Waals surface area contributed by atoms with Gasteiger partial charge < -0.3 is 9.47 Å². The Morgan fingerprint density at radius 3 is 2.34 bits per heavy atom. The van der Waals surface area contributed by atoms with Crippen LogP contribution in [0.25, 0.3) is 16.8 Å². The first-order valence-electron chi connectivity index (χ1n) is 9.35. The maximum Gasteiger partial charge on any atom is 0.360 e. The van der Waals surface area contributed by atoms with Crippen molar-refractivity contribution >= 4 is 29.2 Å². The number of carbonyl (C=O) groups is 2. The van der Waals surface area contributed by atoms with Crippen molar-refractivity contribution in [1.82, 2.24) is 19.8 Å². The molecule has 0 saturated heterocycles. The second-order valence-electron chi connectivity index (χ2n) is 6.12.